The van der Waals surface area contributed by atoms with Gasteiger partial charge >= 0.3 is 0 Å². The van der Waals surface area contributed by atoms with Crippen LogP contribution in [-0.4, -0.2) is 9.78 Å². The van der Waals surface area contributed by atoms with E-state index >= 15 is 0 Å². The van der Waals surface area contributed by atoms with Crippen LogP contribution in [0.1, 0.15) is 5.56 Å². The van der Waals surface area contributed by atoms with E-state index < -0.39 is 0 Å². The lowest BCUT2D eigenvalue weighted by Crippen LogP contribution is -2.02. The minimum Gasteiger partial charge on any atom is -0.399 e. The molecule has 0 radical (unpaired) electrons. The largest absolute Gasteiger partial charge is 0.399 e. The average molecular weight is 270 g/mol. The van der Waals surface area contributed by atoms with Crippen molar-refractivity contribution in [2.24, 2.45) is 0 Å². The van der Waals surface area contributed by atoms with Crippen LogP contribution in [0.3, 0.4) is 0 Å². The van der Waals surface area contributed by atoms with Gasteiger partial charge in [-0.1, -0.05) is 6.07 Å². The Bertz CT molecular complexity index is 481. The lowest BCUT2D eigenvalue weighted by Gasteiger charge is -2.04. The summed E-state index contributed by atoms with van der Waals surface area (Å²) in [6, 6.07) is 4.66. The highest BCUT2D eigenvalue weighted by Gasteiger charge is 2.04. The van der Waals surface area contributed by atoms with E-state index in [0.29, 0.717) is 17.8 Å². The normalized spacial score (nSPS) is 10.5. The number of anilines is 1. The van der Waals surface area contributed by atoms with Crippen LogP contribution in [0.25, 0.3) is 0 Å². The molecule has 78 valence electrons. The molecule has 1 aromatic heterocycles. The second-order valence-electron chi connectivity index (χ2n) is 3.21. The Morgan fingerprint density at radius 3 is 2.87 bits per heavy atom. The second-order valence-corrected chi connectivity index (χ2v) is 4.12. The van der Waals surface area contributed by atoms with Crippen molar-refractivity contribution in [1.29, 1.82) is 0 Å². The molecule has 0 bridgehead atoms. The Morgan fingerprint density at radius 1 is 1.47 bits per heavy atom. The molecule has 0 aliphatic heterocycles. The molecule has 0 spiro atoms. The molecule has 0 aliphatic carbocycles. The minimum atomic E-state index is -0.304. The van der Waals surface area contributed by atoms with E-state index in [-0.39, 0.29) is 5.82 Å². The highest BCUT2D eigenvalue weighted by atomic mass is 79.9. The zero-order valence-electron chi connectivity index (χ0n) is 7.82. The topological polar surface area (TPSA) is 43.8 Å². The van der Waals surface area contributed by atoms with Crippen molar-refractivity contribution < 1.29 is 4.39 Å². The molecule has 3 nitrogen and oxygen atoms in total. The van der Waals surface area contributed by atoms with Gasteiger partial charge in [-0.25, -0.2) is 4.39 Å². The molecule has 2 N–H and O–H groups in total. The molecule has 1 heterocycles. The number of hydrogen-bond acceptors (Lipinski definition) is 2. The van der Waals surface area contributed by atoms with Crippen molar-refractivity contribution >= 4 is 21.6 Å². The molecule has 15 heavy (non-hydrogen) atoms. The van der Waals surface area contributed by atoms with E-state index in [1.165, 1.54) is 6.07 Å². The molecular weight excluding hydrogens is 261 g/mol. The zero-order chi connectivity index (χ0) is 10.8. The molecular formula is C10H9BrFN3. The van der Waals surface area contributed by atoms with Gasteiger partial charge < -0.3 is 5.73 Å². The van der Waals surface area contributed by atoms with E-state index in [1.807, 2.05) is 0 Å². The fourth-order valence-corrected chi connectivity index (χ4v) is 1.62. The molecule has 0 saturated carbocycles. The van der Waals surface area contributed by atoms with Crippen LogP contribution in [0, 0.1) is 5.82 Å². The van der Waals surface area contributed by atoms with E-state index in [4.69, 9.17) is 5.73 Å². The third-order valence-electron chi connectivity index (χ3n) is 2.01. The summed E-state index contributed by atoms with van der Waals surface area (Å²) < 4.78 is 15.9. The first kappa shape index (κ1) is 10.2. The first-order valence-corrected chi connectivity index (χ1v) is 5.16. The van der Waals surface area contributed by atoms with Crippen molar-refractivity contribution in [2.45, 2.75) is 6.54 Å². The molecule has 0 aliphatic rings. The van der Waals surface area contributed by atoms with Crippen molar-refractivity contribution in [1.82, 2.24) is 9.78 Å². The Hall–Kier alpha value is -1.36. The van der Waals surface area contributed by atoms with Crippen molar-refractivity contribution in [2.75, 3.05) is 5.73 Å². The number of nitrogens with zero attached hydrogens (tertiary/aromatic N) is 2. The number of benzene rings is 1. The van der Waals surface area contributed by atoms with E-state index in [1.54, 1.807) is 29.2 Å². The van der Waals surface area contributed by atoms with Gasteiger partial charge in [0.2, 0.25) is 0 Å². The summed E-state index contributed by atoms with van der Waals surface area (Å²) in [4.78, 5) is 0. The van der Waals surface area contributed by atoms with Gasteiger partial charge in [0, 0.05) is 17.4 Å². The smallest absolute Gasteiger partial charge is 0.130 e. The maximum atomic E-state index is 13.4. The Morgan fingerprint density at radius 2 is 2.27 bits per heavy atom. The highest BCUT2D eigenvalue weighted by molar-refractivity contribution is 9.10. The van der Waals surface area contributed by atoms with Gasteiger partial charge in [0.05, 0.1) is 17.2 Å². The van der Waals surface area contributed by atoms with Crippen molar-refractivity contribution in [3.05, 3.63) is 46.4 Å². The van der Waals surface area contributed by atoms with E-state index in [2.05, 4.69) is 21.0 Å². The van der Waals surface area contributed by atoms with Gasteiger partial charge in [0.25, 0.3) is 0 Å². The fourth-order valence-electron chi connectivity index (χ4n) is 1.29. The summed E-state index contributed by atoms with van der Waals surface area (Å²) in [6.07, 6.45) is 3.45. The maximum absolute atomic E-state index is 13.4. The number of rotatable bonds is 2. The molecule has 2 aromatic rings. The van der Waals surface area contributed by atoms with E-state index in [9.17, 15) is 4.39 Å². The monoisotopic (exact) mass is 269 g/mol. The van der Waals surface area contributed by atoms with Crippen LogP contribution >= 0.6 is 15.9 Å². The minimum absolute atomic E-state index is 0.304. The molecule has 0 atom stereocenters. The maximum Gasteiger partial charge on any atom is 0.130 e. The predicted molar refractivity (Wildman–Crippen MR) is 59.8 cm³/mol. The Kier molecular flexibility index (Phi) is 2.73. The SMILES string of the molecule is Nc1ccc(Cn2cc(Br)cn2)c(F)c1. The molecule has 2 rings (SSSR count). The van der Waals surface area contributed by atoms with Crippen molar-refractivity contribution in [3.8, 4) is 0 Å². The predicted octanol–water partition coefficient (Wildman–Crippen LogP) is 2.42. The number of halogens is 2. The summed E-state index contributed by atoms with van der Waals surface area (Å²) in [5, 5.41) is 4.05. The van der Waals surface area contributed by atoms with Crippen LogP contribution in [0.15, 0.2) is 35.1 Å². The van der Waals surface area contributed by atoms with Gasteiger partial charge in [-0.15, -0.1) is 0 Å². The van der Waals surface area contributed by atoms with Crippen LogP contribution < -0.4 is 5.73 Å². The number of nitrogens with two attached hydrogens (primary N) is 1. The van der Waals surface area contributed by atoms with Gasteiger partial charge in [-0.2, -0.15) is 5.10 Å². The third kappa shape index (κ3) is 2.36. The zero-order valence-corrected chi connectivity index (χ0v) is 9.41. The molecule has 5 heteroatoms. The van der Waals surface area contributed by atoms with E-state index in [0.717, 1.165) is 4.47 Å². The van der Waals surface area contributed by atoms with Gasteiger partial charge in [0.15, 0.2) is 0 Å². The molecule has 0 fully saturated rings. The first-order chi connectivity index (χ1) is 7.15. The van der Waals surface area contributed by atoms with Crippen molar-refractivity contribution in [3.63, 3.8) is 0 Å². The summed E-state index contributed by atoms with van der Waals surface area (Å²) in [5.41, 5.74) is 6.45. The number of nitrogen functional groups attached to an aromatic ring is 1. The summed E-state index contributed by atoms with van der Waals surface area (Å²) in [5.74, 6) is -0.304. The number of aromatic nitrogens is 2. The third-order valence-corrected chi connectivity index (χ3v) is 2.42. The Balaban J connectivity index is 2.24. The van der Waals surface area contributed by atoms with Crippen LogP contribution in [0.4, 0.5) is 10.1 Å². The standard InChI is InChI=1S/C10H9BrFN3/c11-8-4-14-15(6-8)5-7-1-2-9(13)3-10(7)12/h1-4,6H,5,13H2. The van der Waals surface area contributed by atoms with Gasteiger partial charge in [-0.05, 0) is 28.1 Å². The fraction of sp³-hybridized carbons (Fsp3) is 0.100. The lowest BCUT2D eigenvalue weighted by molar-refractivity contribution is 0.586. The van der Waals surface area contributed by atoms with Crippen LogP contribution in [0.5, 0.6) is 0 Å². The number of hydrogen-bond donors (Lipinski definition) is 1. The molecule has 0 unspecified atom stereocenters. The summed E-state index contributed by atoms with van der Waals surface area (Å²) in [6.45, 7) is 0.401. The lowest BCUT2D eigenvalue weighted by atomic mass is 10.2. The summed E-state index contributed by atoms with van der Waals surface area (Å²) >= 11 is 3.28. The second kappa shape index (κ2) is 4.02. The molecule has 0 amide bonds. The van der Waals surface area contributed by atoms with Gasteiger partial charge in [0.1, 0.15) is 5.82 Å². The van der Waals surface area contributed by atoms with Crippen LogP contribution in [0.2, 0.25) is 0 Å². The van der Waals surface area contributed by atoms with Gasteiger partial charge in [-0.3, -0.25) is 4.68 Å². The average Bonchev–Trinajstić information content (AvgIpc) is 2.56. The Labute approximate surface area is 94.8 Å². The molecule has 1 aromatic carbocycles. The summed E-state index contributed by atoms with van der Waals surface area (Å²) in [7, 11) is 0. The highest BCUT2D eigenvalue weighted by Crippen LogP contribution is 2.14. The quantitative estimate of drug-likeness (QED) is 0.851. The first-order valence-electron chi connectivity index (χ1n) is 4.37. The molecule has 0 saturated heterocycles. The van der Waals surface area contributed by atoms with Crippen LogP contribution in [-0.2, 0) is 6.54 Å².